The number of hydrogen-bond donors (Lipinski definition) is 0. The molecule has 4 heteroatoms. The van der Waals surface area contributed by atoms with Gasteiger partial charge in [-0.15, -0.1) is 0 Å². The van der Waals surface area contributed by atoms with Gasteiger partial charge < -0.3 is 9.30 Å². The summed E-state index contributed by atoms with van der Waals surface area (Å²) in [5, 5.41) is 0. The number of ether oxygens (including phenoxy) is 1. The molecule has 2 heterocycles. The Balaban J connectivity index is 2.42. The van der Waals surface area contributed by atoms with E-state index in [9.17, 15) is 4.79 Å². The van der Waals surface area contributed by atoms with E-state index in [0.717, 1.165) is 11.1 Å². The molecule has 2 aromatic rings. The molecule has 82 valence electrons. The molecule has 0 saturated heterocycles. The highest BCUT2D eigenvalue weighted by atomic mass is 16.5. The molecule has 0 unspecified atom stereocenters. The fourth-order valence-electron chi connectivity index (χ4n) is 1.57. The molecule has 4 nitrogen and oxygen atoms in total. The lowest BCUT2D eigenvalue weighted by atomic mass is 10.1. The summed E-state index contributed by atoms with van der Waals surface area (Å²) in [4.78, 5) is 15.4. The number of hydrogen-bond acceptors (Lipinski definition) is 3. The van der Waals surface area contributed by atoms with Crippen molar-refractivity contribution in [3.63, 3.8) is 0 Å². The van der Waals surface area contributed by atoms with Crippen molar-refractivity contribution in [1.82, 2.24) is 9.55 Å². The van der Waals surface area contributed by atoms with Crippen molar-refractivity contribution in [1.29, 1.82) is 0 Å². The van der Waals surface area contributed by atoms with Crippen LogP contribution in [-0.2, 0) is 11.8 Å². The van der Waals surface area contributed by atoms with E-state index in [2.05, 4.69) is 4.98 Å². The number of pyridine rings is 1. The standard InChI is InChI=1S/C12H12N2O2/c1-14-8-10(7-11(14)12(15)16-2)9-3-5-13-6-4-9/h3-8H,1-2H3. The van der Waals surface area contributed by atoms with Crippen LogP contribution in [0.5, 0.6) is 0 Å². The van der Waals surface area contributed by atoms with Gasteiger partial charge in [-0.2, -0.15) is 0 Å². The minimum absolute atomic E-state index is 0.331. The van der Waals surface area contributed by atoms with Gasteiger partial charge in [-0.25, -0.2) is 4.79 Å². The monoisotopic (exact) mass is 216 g/mol. The minimum Gasteiger partial charge on any atom is -0.464 e. The van der Waals surface area contributed by atoms with Gasteiger partial charge in [-0.05, 0) is 23.8 Å². The van der Waals surface area contributed by atoms with Crippen LogP contribution in [0.15, 0.2) is 36.8 Å². The summed E-state index contributed by atoms with van der Waals surface area (Å²) in [5.74, 6) is -0.331. The molecule has 0 atom stereocenters. The van der Waals surface area contributed by atoms with Crippen molar-refractivity contribution >= 4 is 5.97 Å². The number of carbonyl (C=O) groups is 1. The molecule has 0 spiro atoms. The molecule has 0 aromatic carbocycles. The van der Waals surface area contributed by atoms with Gasteiger partial charge in [-0.1, -0.05) is 0 Å². The number of esters is 1. The summed E-state index contributed by atoms with van der Waals surface area (Å²) in [6.07, 6.45) is 5.34. The Hall–Kier alpha value is -2.10. The lowest BCUT2D eigenvalue weighted by Gasteiger charge is -1.98. The lowest BCUT2D eigenvalue weighted by Crippen LogP contribution is -2.06. The summed E-state index contributed by atoms with van der Waals surface area (Å²) in [5.41, 5.74) is 2.54. The Morgan fingerprint density at radius 3 is 2.62 bits per heavy atom. The molecular weight excluding hydrogens is 204 g/mol. The molecule has 0 aliphatic rings. The Morgan fingerprint density at radius 1 is 1.31 bits per heavy atom. The summed E-state index contributed by atoms with van der Waals surface area (Å²) < 4.78 is 6.45. The molecule has 0 N–H and O–H groups in total. The van der Waals surface area contributed by atoms with Gasteiger partial charge in [-0.3, -0.25) is 4.98 Å². The molecule has 2 aromatic heterocycles. The summed E-state index contributed by atoms with van der Waals surface area (Å²) in [7, 11) is 3.19. The van der Waals surface area contributed by atoms with E-state index in [-0.39, 0.29) is 5.97 Å². The van der Waals surface area contributed by atoms with E-state index in [0.29, 0.717) is 5.69 Å². The van der Waals surface area contributed by atoms with Crippen LogP contribution in [0.1, 0.15) is 10.5 Å². The number of aromatic nitrogens is 2. The quantitative estimate of drug-likeness (QED) is 0.720. The van der Waals surface area contributed by atoms with E-state index in [1.54, 1.807) is 23.0 Å². The molecule has 0 aliphatic heterocycles. The predicted molar refractivity (Wildman–Crippen MR) is 60.0 cm³/mol. The first-order valence-corrected chi connectivity index (χ1v) is 4.87. The SMILES string of the molecule is COC(=O)c1cc(-c2ccncc2)cn1C. The van der Waals surface area contributed by atoms with Gasteiger partial charge in [0.15, 0.2) is 0 Å². The van der Waals surface area contributed by atoms with Crippen molar-refractivity contribution in [2.45, 2.75) is 0 Å². The fourth-order valence-corrected chi connectivity index (χ4v) is 1.57. The Morgan fingerprint density at radius 2 is 2.00 bits per heavy atom. The normalized spacial score (nSPS) is 10.1. The van der Waals surface area contributed by atoms with Crippen LogP contribution in [0.3, 0.4) is 0 Å². The van der Waals surface area contributed by atoms with Crippen molar-refractivity contribution < 1.29 is 9.53 Å². The number of nitrogens with zero attached hydrogens (tertiary/aromatic N) is 2. The van der Waals surface area contributed by atoms with Gasteiger partial charge in [0.2, 0.25) is 0 Å². The summed E-state index contributed by atoms with van der Waals surface area (Å²) >= 11 is 0. The zero-order valence-corrected chi connectivity index (χ0v) is 9.18. The summed E-state index contributed by atoms with van der Waals surface area (Å²) in [6, 6.07) is 5.61. The van der Waals surface area contributed by atoms with Crippen LogP contribution in [-0.4, -0.2) is 22.6 Å². The van der Waals surface area contributed by atoms with E-state index in [1.807, 2.05) is 25.4 Å². The van der Waals surface area contributed by atoms with Crippen LogP contribution < -0.4 is 0 Å². The maximum absolute atomic E-state index is 11.4. The highest BCUT2D eigenvalue weighted by Gasteiger charge is 2.12. The molecule has 0 amide bonds. The van der Waals surface area contributed by atoms with Crippen LogP contribution in [0, 0.1) is 0 Å². The second kappa shape index (κ2) is 4.18. The van der Waals surface area contributed by atoms with Gasteiger partial charge in [0.05, 0.1) is 7.11 Å². The van der Waals surface area contributed by atoms with Crippen molar-refractivity contribution in [3.05, 3.63) is 42.5 Å². The first-order chi connectivity index (χ1) is 7.72. The zero-order chi connectivity index (χ0) is 11.5. The maximum Gasteiger partial charge on any atom is 0.354 e. The third kappa shape index (κ3) is 1.82. The number of aryl methyl sites for hydroxylation is 1. The van der Waals surface area contributed by atoms with E-state index in [1.165, 1.54) is 7.11 Å². The van der Waals surface area contributed by atoms with E-state index >= 15 is 0 Å². The maximum atomic E-state index is 11.4. The molecule has 0 radical (unpaired) electrons. The Labute approximate surface area is 93.5 Å². The molecule has 2 rings (SSSR count). The highest BCUT2D eigenvalue weighted by molar-refractivity contribution is 5.89. The topological polar surface area (TPSA) is 44.1 Å². The molecule has 0 saturated carbocycles. The molecule has 16 heavy (non-hydrogen) atoms. The van der Waals surface area contributed by atoms with Crippen molar-refractivity contribution in [2.75, 3.05) is 7.11 Å². The molecule has 0 aliphatic carbocycles. The highest BCUT2D eigenvalue weighted by Crippen LogP contribution is 2.21. The third-order valence-corrected chi connectivity index (χ3v) is 2.41. The number of rotatable bonds is 2. The first-order valence-electron chi connectivity index (χ1n) is 4.87. The Bertz CT molecular complexity index is 503. The van der Waals surface area contributed by atoms with E-state index in [4.69, 9.17) is 4.74 Å². The van der Waals surface area contributed by atoms with Crippen molar-refractivity contribution in [2.24, 2.45) is 7.05 Å². The second-order valence-electron chi connectivity index (χ2n) is 3.45. The summed E-state index contributed by atoms with van der Waals surface area (Å²) in [6.45, 7) is 0. The van der Waals surface area contributed by atoms with E-state index < -0.39 is 0 Å². The minimum atomic E-state index is -0.331. The zero-order valence-electron chi connectivity index (χ0n) is 9.18. The molecular formula is C12H12N2O2. The van der Waals surface area contributed by atoms with Gasteiger partial charge >= 0.3 is 5.97 Å². The second-order valence-corrected chi connectivity index (χ2v) is 3.45. The van der Waals surface area contributed by atoms with Crippen molar-refractivity contribution in [3.8, 4) is 11.1 Å². The lowest BCUT2D eigenvalue weighted by molar-refractivity contribution is 0.0590. The van der Waals surface area contributed by atoms with Gasteiger partial charge in [0, 0.05) is 31.2 Å². The van der Waals surface area contributed by atoms with Crippen LogP contribution in [0.2, 0.25) is 0 Å². The Kier molecular flexibility index (Phi) is 2.72. The van der Waals surface area contributed by atoms with Gasteiger partial charge in [0.25, 0.3) is 0 Å². The van der Waals surface area contributed by atoms with Crippen LogP contribution in [0.4, 0.5) is 0 Å². The van der Waals surface area contributed by atoms with Crippen LogP contribution >= 0.6 is 0 Å². The first kappa shape index (κ1) is 10.4. The average molecular weight is 216 g/mol. The predicted octanol–water partition coefficient (Wildman–Crippen LogP) is 1.87. The molecule has 0 bridgehead atoms. The molecule has 0 fully saturated rings. The number of methoxy groups -OCH3 is 1. The third-order valence-electron chi connectivity index (χ3n) is 2.41. The number of carbonyl (C=O) groups excluding carboxylic acids is 1. The van der Waals surface area contributed by atoms with Gasteiger partial charge in [0.1, 0.15) is 5.69 Å². The average Bonchev–Trinajstić information content (AvgIpc) is 2.71. The van der Waals surface area contributed by atoms with Crippen LogP contribution in [0.25, 0.3) is 11.1 Å². The fraction of sp³-hybridized carbons (Fsp3) is 0.167. The largest absolute Gasteiger partial charge is 0.464 e. The smallest absolute Gasteiger partial charge is 0.354 e.